The molecule has 2 rings (SSSR count). The molecule has 0 saturated carbocycles. The maximum absolute atomic E-state index is 13.4. The van der Waals surface area contributed by atoms with Gasteiger partial charge in [-0.25, -0.2) is 18.0 Å². The SMILES string of the molecule is O=C(COC(=O)c1cccc(OC(F)F)c1)Nc1ccc(F)c(F)c1F. The summed E-state index contributed by atoms with van der Waals surface area (Å²) in [6, 6.07) is 6.04. The summed E-state index contributed by atoms with van der Waals surface area (Å²) < 4.78 is 72.3. The number of halogens is 5. The predicted octanol–water partition coefficient (Wildman–Crippen LogP) is 3.50. The molecule has 0 bridgehead atoms. The standard InChI is InChI=1S/C16H10F5NO4/c17-10-4-5-11(14(19)13(10)18)22-12(23)7-25-15(24)8-2-1-3-9(6-8)26-16(20)21/h1-6,16H,7H2,(H,22,23). The molecule has 0 saturated heterocycles. The van der Waals surface area contributed by atoms with Gasteiger partial charge in [0.25, 0.3) is 5.91 Å². The number of carbonyl (C=O) groups is 2. The third kappa shape index (κ3) is 4.91. The topological polar surface area (TPSA) is 64.6 Å². The van der Waals surface area contributed by atoms with E-state index in [0.29, 0.717) is 6.07 Å². The summed E-state index contributed by atoms with van der Waals surface area (Å²) in [5, 5.41) is 1.90. The molecule has 1 N–H and O–H groups in total. The molecule has 10 heteroatoms. The third-order valence-electron chi connectivity index (χ3n) is 2.94. The first-order valence-corrected chi connectivity index (χ1v) is 6.93. The summed E-state index contributed by atoms with van der Waals surface area (Å²) in [5.41, 5.74) is -0.813. The van der Waals surface area contributed by atoms with Crippen molar-refractivity contribution < 1.29 is 41.0 Å². The summed E-state index contributed by atoms with van der Waals surface area (Å²) in [7, 11) is 0. The second-order valence-corrected chi connectivity index (χ2v) is 4.75. The minimum absolute atomic E-state index is 0.171. The number of esters is 1. The molecule has 1 amide bonds. The molecule has 0 aliphatic carbocycles. The van der Waals surface area contributed by atoms with Crippen molar-refractivity contribution in [1.29, 1.82) is 0 Å². The van der Waals surface area contributed by atoms with Crippen molar-refractivity contribution >= 4 is 17.6 Å². The molecular weight excluding hydrogens is 365 g/mol. The van der Waals surface area contributed by atoms with Crippen LogP contribution >= 0.6 is 0 Å². The highest BCUT2D eigenvalue weighted by atomic mass is 19.3. The van der Waals surface area contributed by atoms with E-state index in [4.69, 9.17) is 0 Å². The first kappa shape index (κ1) is 19.2. The van der Waals surface area contributed by atoms with Crippen LogP contribution < -0.4 is 10.1 Å². The number of nitrogens with one attached hydrogen (secondary N) is 1. The fraction of sp³-hybridized carbons (Fsp3) is 0.125. The van der Waals surface area contributed by atoms with Crippen LogP contribution in [0.4, 0.5) is 27.6 Å². The Bertz CT molecular complexity index is 828. The fourth-order valence-electron chi connectivity index (χ4n) is 1.82. The average molecular weight is 375 g/mol. The van der Waals surface area contributed by atoms with E-state index in [-0.39, 0.29) is 11.3 Å². The Balaban J connectivity index is 1.95. The Labute approximate surface area is 143 Å². The van der Waals surface area contributed by atoms with Gasteiger partial charge < -0.3 is 14.8 Å². The molecule has 2 aromatic carbocycles. The molecule has 0 aliphatic heterocycles. The molecule has 0 aromatic heterocycles. The Morgan fingerprint density at radius 2 is 1.77 bits per heavy atom. The van der Waals surface area contributed by atoms with Crippen molar-refractivity contribution in [3.63, 3.8) is 0 Å². The lowest BCUT2D eigenvalue weighted by molar-refractivity contribution is -0.119. The van der Waals surface area contributed by atoms with Crippen molar-refractivity contribution in [2.24, 2.45) is 0 Å². The zero-order valence-corrected chi connectivity index (χ0v) is 12.8. The van der Waals surface area contributed by atoms with Crippen LogP contribution in [0.5, 0.6) is 5.75 Å². The maximum atomic E-state index is 13.4. The predicted molar refractivity (Wildman–Crippen MR) is 78.3 cm³/mol. The highest BCUT2D eigenvalue weighted by Gasteiger charge is 2.17. The summed E-state index contributed by atoms with van der Waals surface area (Å²) in [4.78, 5) is 23.4. The van der Waals surface area contributed by atoms with Crippen LogP contribution in [0.25, 0.3) is 0 Å². The van der Waals surface area contributed by atoms with E-state index in [2.05, 4.69) is 9.47 Å². The summed E-state index contributed by atoms with van der Waals surface area (Å²) in [6.07, 6.45) is 0. The average Bonchev–Trinajstić information content (AvgIpc) is 2.60. The van der Waals surface area contributed by atoms with Crippen molar-refractivity contribution in [2.45, 2.75) is 6.61 Å². The number of hydrogen-bond acceptors (Lipinski definition) is 4. The van der Waals surface area contributed by atoms with E-state index in [1.54, 1.807) is 0 Å². The molecule has 0 atom stereocenters. The molecule has 138 valence electrons. The zero-order valence-electron chi connectivity index (χ0n) is 12.8. The van der Waals surface area contributed by atoms with E-state index >= 15 is 0 Å². The maximum Gasteiger partial charge on any atom is 0.387 e. The molecule has 26 heavy (non-hydrogen) atoms. The van der Waals surface area contributed by atoms with Crippen LogP contribution in [0.15, 0.2) is 36.4 Å². The molecule has 0 radical (unpaired) electrons. The van der Waals surface area contributed by atoms with Crippen LogP contribution in [-0.2, 0) is 9.53 Å². The van der Waals surface area contributed by atoms with E-state index in [1.807, 2.05) is 5.32 Å². The molecule has 0 aliphatic rings. The minimum Gasteiger partial charge on any atom is -0.452 e. The van der Waals surface area contributed by atoms with Gasteiger partial charge in [-0.3, -0.25) is 4.79 Å². The van der Waals surface area contributed by atoms with E-state index < -0.39 is 48.2 Å². The van der Waals surface area contributed by atoms with Gasteiger partial charge in [0.05, 0.1) is 11.3 Å². The third-order valence-corrected chi connectivity index (χ3v) is 2.94. The van der Waals surface area contributed by atoms with Crippen LogP contribution in [0, 0.1) is 17.5 Å². The number of ether oxygens (including phenoxy) is 2. The van der Waals surface area contributed by atoms with Gasteiger partial charge in [-0.05, 0) is 30.3 Å². The molecule has 0 spiro atoms. The van der Waals surface area contributed by atoms with Crippen molar-refractivity contribution in [1.82, 2.24) is 0 Å². The molecule has 2 aromatic rings. The first-order valence-electron chi connectivity index (χ1n) is 6.93. The number of alkyl halides is 2. The fourth-order valence-corrected chi connectivity index (χ4v) is 1.82. The quantitative estimate of drug-likeness (QED) is 0.477. The summed E-state index contributed by atoms with van der Waals surface area (Å²) in [5.74, 6) is -7.16. The molecule has 0 heterocycles. The molecular formula is C16H10F5NO4. The minimum atomic E-state index is -3.09. The lowest BCUT2D eigenvalue weighted by Crippen LogP contribution is -2.21. The van der Waals surface area contributed by atoms with Crippen LogP contribution in [-0.4, -0.2) is 25.1 Å². The smallest absolute Gasteiger partial charge is 0.387 e. The van der Waals surface area contributed by atoms with E-state index in [0.717, 1.165) is 12.1 Å². The Morgan fingerprint density at radius 1 is 1.04 bits per heavy atom. The highest BCUT2D eigenvalue weighted by molar-refractivity contribution is 5.95. The molecule has 0 fully saturated rings. The van der Waals surface area contributed by atoms with Crippen LogP contribution in [0.2, 0.25) is 0 Å². The first-order chi connectivity index (χ1) is 12.3. The van der Waals surface area contributed by atoms with Crippen LogP contribution in [0.1, 0.15) is 10.4 Å². The van der Waals surface area contributed by atoms with Gasteiger partial charge in [-0.15, -0.1) is 0 Å². The van der Waals surface area contributed by atoms with E-state index in [9.17, 15) is 31.5 Å². The Kier molecular flexibility index (Phi) is 6.10. The summed E-state index contributed by atoms with van der Waals surface area (Å²) in [6.45, 7) is -3.96. The molecule has 5 nitrogen and oxygen atoms in total. The molecule has 0 unspecified atom stereocenters. The van der Waals surface area contributed by atoms with Crippen molar-refractivity contribution in [3.05, 3.63) is 59.4 Å². The van der Waals surface area contributed by atoms with E-state index in [1.165, 1.54) is 18.2 Å². The van der Waals surface area contributed by atoms with Gasteiger partial charge in [0.2, 0.25) is 0 Å². The largest absolute Gasteiger partial charge is 0.452 e. The lowest BCUT2D eigenvalue weighted by atomic mass is 10.2. The van der Waals surface area contributed by atoms with Crippen LogP contribution in [0.3, 0.4) is 0 Å². The number of rotatable bonds is 6. The highest BCUT2D eigenvalue weighted by Crippen LogP contribution is 2.20. The number of amides is 1. The van der Waals surface area contributed by atoms with Crippen molar-refractivity contribution in [2.75, 3.05) is 11.9 Å². The van der Waals surface area contributed by atoms with Crippen molar-refractivity contribution in [3.8, 4) is 5.75 Å². The second-order valence-electron chi connectivity index (χ2n) is 4.75. The number of carbonyl (C=O) groups excluding carboxylic acids is 2. The van der Waals surface area contributed by atoms with Gasteiger partial charge in [-0.2, -0.15) is 8.78 Å². The second kappa shape index (κ2) is 8.28. The zero-order chi connectivity index (χ0) is 19.3. The Morgan fingerprint density at radius 3 is 2.46 bits per heavy atom. The van der Waals surface area contributed by atoms with Gasteiger partial charge >= 0.3 is 12.6 Å². The normalized spacial score (nSPS) is 10.5. The lowest BCUT2D eigenvalue weighted by Gasteiger charge is -2.09. The van der Waals surface area contributed by atoms with Gasteiger partial charge in [0.15, 0.2) is 24.1 Å². The number of benzene rings is 2. The monoisotopic (exact) mass is 375 g/mol. The number of anilines is 1. The summed E-state index contributed by atoms with van der Waals surface area (Å²) >= 11 is 0. The Hall–Kier alpha value is -3.17. The number of hydrogen-bond donors (Lipinski definition) is 1. The van der Waals surface area contributed by atoms with Gasteiger partial charge in [0, 0.05) is 0 Å². The van der Waals surface area contributed by atoms with Gasteiger partial charge in [0.1, 0.15) is 5.75 Å². The van der Waals surface area contributed by atoms with Gasteiger partial charge in [-0.1, -0.05) is 6.07 Å².